The van der Waals surface area contributed by atoms with Gasteiger partial charge in [-0.15, -0.1) is 0 Å². The number of carbonyl (C=O) groups excluding carboxylic acids is 3. The zero-order valence-electron chi connectivity index (χ0n) is 10.5. The summed E-state index contributed by atoms with van der Waals surface area (Å²) in [5, 5.41) is 0. The van der Waals surface area contributed by atoms with Crippen molar-refractivity contribution in [1.29, 1.82) is 0 Å². The van der Waals surface area contributed by atoms with Crippen LogP contribution in [-0.4, -0.2) is 24.9 Å². The van der Waals surface area contributed by atoms with Gasteiger partial charge in [-0.05, 0) is 18.6 Å². The highest BCUT2D eigenvalue weighted by Crippen LogP contribution is 2.02. The van der Waals surface area contributed by atoms with Crippen LogP contribution in [0, 0.1) is 0 Å². The van der Waals surface area contributed by atoms with Crippen LogP contribution in [0.3, 0.4) is 0 Å². The first kappa shape index (κ1) is 14.7. The van der Waals surface area contributed by atoms with Crippen molar-refractivity contribution < 1.29 is 28.6 Å². The Balaban J connectivity index is 2.35. The Morgan fingerprint density at radius 3 is 2.32 bits per heavy atom. The van der Waals surface area contributed by atoms with E-state index in [-0.39, 0.29) is 12.2 Å². The average molecular weight is 266 g/mol. The van der Waals surface area contributed by atoms with Gasteiger partial charge in [0.25, 0.3) is 0 Å². The van der Waals surface area contributed by atoms with Crippen molar-refractivity contribution in [2.45, 2.75) is 19.8 Å². The van der Waals surface area contributed by atoms with Gasteiger partial charge in [-0.2, -0.15) is 0 Å². The summed E-state index contributed by atoms with van der Waals surface area (Å²) in [7, 11) is 0. The summed E-state index contributed by atoms with van der Waals surface area (Å²) in [6, 6.07) is 7.87. The first-order valence-corrected chi connectivity index (χ1v) is 5.79. The number of hydrogen-bond acceptors (Lipinski definition) is 6. The molecule has 1 aromatic carbocycles. The normalized spacial score (nSPS) is 9.53. The molecule has 102 valence electrons. The van der Waals surface area contributed by atoms with Crippen molar-refractivity contribution in [3.63, 3.8) is 0 Å². The molecule has 6 heteroatoms. The molecule has 6 nitrogen and oxygen atoms in total. The third-order valence-corrected chi connectivity index (χ3v) is 2.07. The second-order valence-electron chi connectivity index (χ2n) is 3.56. The highest BCUT2D eigenvalue weighted by atomic mass is 16.8. The molecule has 0 saturated heterocycles. The molecule has 0 N–H and O–H groups in total. The lowest BCUT2D eigenvalue weighted by Crippen LogP contribution is -2.18. The smallest absolute Gasteiger partial charge is 0.434 e. The van der Waals surface area contributed by atoms with E-state index >= 15 is 0 Å². The van der Waals surface area contributed by atoms with Gasteiger partial charge in [-0.3, -0.25) is 0 Å². The van der Waals surface area contributed by atoms with Crippen molar-refractivity contribution >= 4 is 18.3 Å². The maximum absolute atomic E-state index is 11.4. The van der Waals surface area contributed by atoms with Gasteiger partial charge < -0.3 is 14.2 Å². The third-order valence-electron chi connectivity index (χ3n) is 2.07. The fourth-order valence-corrected chi connectivity index (χ4v) is 1.13. The molecule has 1 aromatic rings. The van der Waals surface area contributed by atoms with Crippen molar-refractivity contribution in [3.05, 3.63) is 35.9 Å². The molecule has 0 aliphatic heterocycles. The lowest BCUT2D eigenvalue weighted by atomic mass is 10.2. The maximum Gasteiger partial charge on any atom is 0.526 e. The van der Waals surface area contributed by atoms with Crippen LogP contribution in [0.1, 0.15) is 30.1 Å². The summed E-state index contributed by atoms with van der Waals surface area (Å²) in [6.07, 6.45) is -1.09. The lowest BCUT2D eigenvalue weighted by molar-refractivity contribution is 0.0312. The topological polar surface area (TPSA) is 78.9 Å². The summed E-state index contributed by atoms with van der Waals surface area (Å²) in [5.74, 6) is -0.896. The van der Waals surface area contributed by atoms with Crippen LogP contribution >= 0.6 is 0 Å². The van der Waals surface area contributed by atoms with Crippen LogP contribution in [0.2, 0.25) is 0 Å². The quantitative estimate of drug-likeness (QED) is 0.473. The number of unbranched alkanes of at least 4 members (excludes halogenated alkanes) is 1. The second-order valence-corrected chi connectivity index (χ2v) is 3.56. The highest BCUT2D eigenvalue weighted by Gasteiger charge is 2.18. The average Bonchev–Trinajstić information content (AvgIpc) is 2.39. The minimum atomic E-state index is -1.41. The monoisotopic (exact) mass is 266 g/mol. The molecule has 0 unspecified atom stereocenters. The number of carbonyl (C=O) groups is 3. The molecular formula is C13H14O6. The van der Waals surface area contributed by atoms with Crippen LogP contribution in [0.25, 0.3) is 0 Å². The van der Waals surface area contributed by atoms with Crippen LogP contribution in [0.15, 0.2) is 30.3 Å². The van der Waals surface area contributed by atoms with Crippen molar-refractivity contribution in [3.8, 4) is 0 Å². The van der Waals surface area contributed by atoms with Gasteiger partial charge in [0.05, 0.1) is 12.2 Å². The zero-order valence-corrected chi connectivity index (χ0v) is 10.5. The number of benzene rings is 1. The Kier molecular flexibility index (Phi) is 6.08. The van der Waals surface area contributed by atoms with Gasteiger partial charge in [0.1, 0.15) is 0 Å². The summed E-state index contributed by atoms with van der Waals surface area (Å²) in [6.45, 7) is 2.07. The maximum atomic E-state index is 11.4. The number of ether oxygens (including phenoxy) is 3. The zero-order chi connectivity index (χ0) is 14.1. The number of esters is 1. The Morgan fingerprint density at radius 1 is 1.00 bits per heavy atom. The number of hydrogen-bond donors (Lipinski definition) is 0. The van der Waals surface area contributed by atoms with Crippen molar-refractivity contribution in [1.82, 2.24) is 0 Å². The van der Waals surface area contributed by atoms with E-state index < -0.39 is 18.3 Å². The van der Waals surface area contributed by atoms with E-state index in [2.05, 4.69) is 14.2 Å². The van der Waals surface area contributed by atoms with E-state index in [4.69, 9.17) is 0 Å². The number of rotatable bonds is 4. The summed E-state index contributed by atoms with van der Waals surface area (Å²) in [5.41, 5.74) is 0.179. The van der Waals surface area contributed by atoms with Gasteiger partial charge in [-0.25, -0.2) is 14.4 Å². The first-order valence-electron chi connectivity index (χ1n) is 5.79. The molecule has 0 bridgehead atoms. The van der Waals surface area contributed by atoms with Crippen LogP contribution in [-0.2, 0) is 14.2 Å². The van der Waals surface area contributed by atoms with Gasteiger partial charge in [0, 0.05) is 0 Å². The van der Waals surface area contributed by atoms with Crippen molar-refractivity contribution in [2.75, 3.05) is 6.61 Å². The molecule has 19 heavy (non-hydrogen) atoms. The Labute approximate surface area is 110 Å². The predicted octanol–water partition coefficient (Wildman–Crippen LogP) is 2.92. The van der Waals surface area contributed by atoms with Gasteiger partial charge in [0.2, 0.25) is 0 Å². The van der Waals surface area contributed by atoms with E-state index in [1.165, 1.54) is 12.1 Å². The minimum absolute atomic E-state index is 0.148. The molecule has 0 fully saturated rings. The molecule has 0 aliphatic carbocycles. The Hall–Kier alpha value is -2.37. The molecule has 0 amide bonds. The van der Waals surface area contributed by atoms with E-state index in [0.717, 1.165) is 6.42 Å². The predicted molar refractivity (Wildman–Crippen MR) is 64.6 cm³/mol. The summed E-state index contributed by atoms with van der Waals surface area (Å²) >= 11 is 0. The van der Waals surface area contributed by atoms with Crippen LogP contribution < -0.4 is 0 Å². The Bertz CT molecular complexity index is 440. The third kappa shape index (κ3) is 5.67. The van der Waals surface area contributed by atoms with E-state index in [0.29, 0.717) is 6.42 Å². The van der Waals surface area contributed by atoms with Gasteiger partial charge >= 0.3 is 18.3 Å². The standard InChI is InChI=1S/C13H14O6/c1-2-3-9-17-12(15)19-13(16)18-11(14)10-7-5-4-6-8-10/h4-8H,2-3,9H2,1H3. The summed E-state index contributed by atoms with van der Waals surface area (Å²) < 4.78 is 13.0. The molecule has 0 aliphatic rings. The molecule has 0 spiro atoms. The molecule has 0 saturated carbocycles. The molecule has 0 atom stereocenters. The molecule has 0 aromatic heterocycles. The fourth-order valence-electron chi connectivity index (χ4n) is 1.13. The molecule has 0 radical (unpaired) electrons. The fraction of sp³-hybridized carbons (Fsp3) is 0.308. The minimum Gasteiger partial charge on any atom is -0.434 e. The molecule has 1 rings (SSSR count). The molecular weight excluding hydrogens is 252 g/mol. The van der Waals surface area contributed by atoms with E-state index in [1.54, 1.807) is 18.2 Å². The lowest BCUT2D eigenvalue weighted by Gasteiger charge is -2.04. The highest BCUT2D eigenvalue weighted by molar-refractivity contribution is 5.96. The van der Waals surface area contributed by atoms with Crippen LogP contribution in [0.4, 0.5) is 9.59 Å². The first-order chi connectivity index (χ1) is 9.13. The summed E-state index contributed by atoms with van der Waals surface area (Å²) in [4.78, 5) is 33.5. The van der Waals surface area contributed by atoms with Gasteiger partial charge in [-0.1, -0.05) is 31.5 Å². The largest absolute Gasteiger partial charge is 0.526 e. The Morgan fingerprint density at radius 2 is 1.68 bits per heavy atom. The van der Waals surface area contributed by atoms with Gasteiger partial charge in [0.15, 0.2) is 0 Å². The van der Waals surface area contributed by atoms with E-state index in [9.17, 15) is 14.4 Å². The molecule has 0 heterocycles. The SMILES string of the molecule is CCCCOC(=O)OC(=O)OC(=O)c1ccccc1. The van der Waals surface area contributed by atoms with Crippen molar-refractivity contribution in [2.24, 2.45) is 0 Å². The van der Waals surface area contributed by atoms with Crippen LogP contribution in [0.5, 0.6) is 0 Å². The van der Waals surface area contributed by atoms with E-state index in [1.807, 2.05) is 6.92 Å². The second kappa shape index (κ2) is 7.86.